The molecule has 102 valence electrons. The average Bonchev–Trinajstić information content (AvgIpc) is 2.46. The van der Waals surface area contributed by atoms with E-state index in [1.807, 2.05) is 6.07 Å². The number of halogens is 2. The number of methoxy groups -OCH3 is 1. The molecule has 0 aromatic heterocycles. The Morgan fingerprint density at radius 1 is 1.25 bits per heavy atom. The Morgan fingerprint density at radius 2 is 2.00 bits per heavy atom. The summed E-state index contributed by atoms with van der Waals surface area (Å²) in [4.78, 5) is 0. The molecule has 0 saturated heterocycles. The molecule has 0 aliphatic carbocycles. The third kappa shape index (κ3) is 2.84. The molecule has 2 aromatic rings. The van der Waals surface area contributed by atoms with Crippen LogP contribution in [0, 0.1) is 17.1 Å². The normalized spacial score (nSPS) is 9.90. The smallest absolute Gasteiger partial charge is 0.179 e. The van der Waals surface area contributed by atoms with Crippen LogP contribution in [0.15, 0.2) is 36.4 Å². The van der Waals surface area contributed by atoms with E-state index in [4.69, 9.17) is 26.3 Å². The zero-order chi connectivity index (χ0) is 14.5. The van der Waals surface area contributed by atoms with Crippen LogP contribution in [0.1, 0.15) is 11.1 Å². The highest BCUT2D eigenvalue weighted by molar-refractivity contribution is 6.31. The lowest BCUT2D eigenvalue weighted by Gasteiger charge is -2.13. The van der Waals surface area contributed by atoms with Crippen LogP contribution in [0.5, 0.6) is 11.5 Å². The van der Waals surface area contributed by atoms with E-state index in [9.17, 15) is 4.39 Å². The van der Waals surface area contributed by atoms with Gasteiger partial charge < -0.3 is 9.47 Å². The summed E-state index contributed by atoms with van der Waals surface area (Å²) in [6.45, 7) is -0.0828. The summed E-state index contributed by atoms with van der Waals surface area (Å²) < 4.78 is 24.3. The van der Waals surface area contributed by atoms with Crippen molar-refractivity contribution in [2.45, 2.75) is 6.61 Å². The van der Waals surface area contributed by atoms with E-state index in [2.05, 4.69) is 0 Å². The second-order valence-corrected chi connectivity index (χ2v) is 4.34. The lowest BCUT2D eigenvalue weighted by Crippen LogP contribution is -2.02. The Balaban J connectivity index is 2.30. The first-order valence-electron chi connectivity index (χ1n) is 5.80. The largest absolute Gasteiger partial charge is 0.493 e. The van der Waals surface area contributed by atoms with Gasteiger partial charge in [-0.3, -0.25) is 0 Å². The molecule has 3 nitrogen and oxygen atoms in total. The van der Waals surface area contributed by atoms with Crippen molar-refractivity contribution in [1.29, 1.82) is 5.26 Å². The van der Waals surface area contributed by atoms with Gasteiger partial charge in [0.2, 0.25) is 0 Å². The van der Waals surface area contributed by atoms with Crippen molar-refractivity contribution in [3.8, 4) is 17.6 Å². The minimum Gasteiger partial charge on any atom is -0.493 e. The number of hydrogen-bond acceptors (Lipinski definition) is 3. The molecule has 0 N–H and O–H groups in total. The van der Waals surface area contributed by atoms with E-state index < -0.39 is 5.82 Å². The number of para-hydroxylation sites is 1. The Hall–Kier alpha value is -2.25. The molecule has 0 atom stereocenters. The highest BCUT2D eigenvalue weighted by Gasteiger charge is 2.13. The summed E-state index contributed by atoms with van der Waals surface area (Å²) >= 11 is 5.93. The molecule has 0 spiro atoms. The number of nitrogens with zero attached hydrogens (tertiary/aromatic N) is 1. The van der Waals surface area contributed by atoms with Crippen molar-refractivity contribution in [2.75, 3.05) is 7.11 Å². The zero-order valence-electron chi connectivity index (χ0n) is 10.7. The van der Waals surface area contributed by atoms with Crippen molar-refractivity contribution >= 4 is 11.6 Å². The molecular formula is C15H11ClFNO2. The maximum absolute atomic E-state index is 13.7. The Kier molecular flexibility index (Phi) is 4.44. The monoisotopic (exact) mass is 291 g/mol. The first kappa shape index (κ1) is 14.2. The summed E-state index contributed by atoms with van der Waals surface area (Å²) in [6, 6.07) is 11.4. The first-order valence-corrected chi connectivity index (χ1v) is 6.18. The van der Waals surface area contributed by atoms with Gasteiger partial charge in [-0.1, -0.05) is 23.7 Å². The SMILES string of the molecule is COc1cccc(C#N)c1OCc1c(F)cccc1Cl. The van der Waals surface area contributed by atoms with E-state index in [0.29, 0.717) is 11.3 Å². The fourth-order valence-electron chi connectivity index (χ4n) is 1.73. The van der Waals surface area contributed by atoms with Crippen molar-refractivity contribution < 1.29 is 13.9 Å². The van der Waals surface area contributed by atoms with E-state index in [-0.39, 0.29) is 22.9 Å². The maximum atomic E-state index is 13.7. The highest BCUT2D eigenvalue weighted by atomic mass is 35.5. The predicted octanol–water partition coefficient (Wildman–Crippen LogP) is 3.94. The summed E-state index contributed by atoms with van der Waals surface area (Å²) in [7, 11) is 1.47. The van der Waals surface area contributed by atoms with Gasteiger partial charge in [0.1, 0.15) is 18.5 Å². The third-order valence-corrected chi connectivity index (χ3v) is 3.10. The van der Waals surface area contributed by atoms with Crippen LogP contribution in [0.2, 0.25) is 5.02 Å². The molecule has 2 rings (SSSR count). The van der Waals surface area contributed by atoms with Crippen molar-refractivity contribution in [2.24, 2.45) is 0 Å². The van der Waals surface area contributed by atoms with Gasteiger partial charge in [-0.05, 0) is 24.3 Å². The minimum atomic E-state index is -0.453. The number of hydrogen-bond donors (Lipinski definition) is 0. The number of benzene rings is 2. The quantitative estimate of drug-likeness (QED) is 0.857. The molecule has 0 aliphatic heterocycles. The molecular weight excluding hydrogens is 281 g/mol. The fraction of sp³-hybridized carbons (Fsp3) is 0.133. The van der Waals surface area contributed by atoms with Crippen LogP contribution in [-0.4, -0.2) is 7.11 Å². The Bertz CT molecular complexity index is 647. The van der Waals surface area contributed by atoms with Gasteiger partial charge in [0.25, 0.3) is 0 Å². The van der Waals surface area contributed by atoms with Gasteiger partial charge in [0, 0.05) is 5.56 Å². The van der Waals surface area contributed by atoms with Gasteiger partial charge in [-0.25, -0.2) is 4.39 Å². The second kappa shape index (κ2) is 6.27. The molecule has 0 radical (unpaired) electrons. The van der Waals surface area contributed by atoms with Crippen LogP contribution in [-0.2, 0) is 6.61 Å². The molecule has 0 unspecified atom stereocenters. The zero-order valence-corrected chi connectivity index (χ0v) is 11.4. The second-order valence-electron chi connectivity index (χ2n) is 3.94. The fourth-order valence-corrected chi connectivity index (χ4v) is 1.95. The summed E-state index contributed by atoms with van der Waals surface area (Å²) in [6.07, 6.45) is 0. The van der Waals surface area contributed by atoms with Crippen LogP contribution in [0.3, 0.4) is 0 Å². The molecule has 0 amide bonds. The van der Waals surface area contributed by atoms with Crippen LogP contribution < -0.4 is 9.47 Å². The third-order valence-electron chi connectivity index (χ3n) is 2.74. The molecule has 5 heteroatoms. The Labute approximate surface area is 121 Å². The molecule has 20 heavy (non-hydrogen) atoms. The molecule has 0 fully saturated rings. The number of rotatable bonds is 4. The number of ether oxygens (including phenoxy) is 2. The van der Waals surface area contributed by atoms with Gasteiger partial charge in [0.05, 0.1) is 17.7 Å². The highest BCUT2D eigenvalue weighted by Crippen LogP contribution is 2.32. The molecule has 2 aromatic carbocycles. The standard InChI is InChI=1S/C15H11ClFNO2/c1-19-14-7-2-4-10(8-18)15(14)20-9-11-12(16)5-3-6-13(11)17/h2-7H,9H2,1H3. The van der Waals surface area contributed by atoms with Gasteiger partial charge >= 0.3 is 0 Å². The molecule has 0 bridgehead atoms. The van der Waals surface area contributed by atoms with E-state index >= 15 is 0 Å². The average molecular weight is 292 g/mol. The minimum absolute atomic E-state index is 0.0828. The predicted molar refractivity (Wildman–Crippen MR) is 73.5 cm³/mol. The van der Waals surface area contributed by atoms with Gasteiger partial charge in [0.15, 0.2) is 11.5 Å². The lowest BCUT2D eigenvalue weighted by atomic mass is 10.2. The first-order chi connectivity index (χ1) is 9.67. The van der Waals surface area contributed by atoms with Crippen molar-refractivity contribution in [3.63, 3.8) is 0 Å². The van der Waals surface area contributed by atoms with Gasteiger partial charge in [-0.15, -0.1) is 0 Å². The van der Waals surface area contributed by atoms with E-state index in [0.717, 1.165) is 0 Å². The maximum Gasteiger partial charge on any atom is 0.179 e. The topological polar surface area (TPSA) is 42.2 Å². The lowest BCUT2D eigenvalue weighted by molar-refractivity contribution is 0.279. The summed E-state index contributed by atoms with van der Waals surface area (Å²) in [5.74, 6) is 0.235. The van der Waals surface area contributed by atoms with Crippen LogP contribution in [0.4, 0.5) is 4.39 Å². The van der Waals surface area contributed by atoms with E-state index in [1.165, 1.54) is 19.2 Å². The molecule has 0 saturated carbocycles. The van der Waals surface area contributed by atoms with Crippen LogP contribution in [0.25, 0.3) is 0 Å². The molecule has 0 aliphatic rings. The number of nitriles is 1. The van der Waals surface area contributed by atoms with E-state index in [1.54, 1.807) is 24.3 Å². The molecule has 0 heterocycles. The Morgan fingerprint density at radius 3 is 2.65 bits per heavy atom. The van der Waals surface area contributed by atoms with Crippen molar-refractivity contribution in [3.05, 3.63) is 58.4 Å². The van der Waals surface area contributed by atoms with Gasteiger partial charge in [-0.2, -0.15) is 5.26 Å². The van der Waals surface area contributed by atoms with Crippen molar-refractivity contribution in [1.82, 2.24) is 0 Å². The van der Waals surface area contributed by atoms with Crippen LogP contribution >= 0.6 is 11.6 Å². The summed E-state index contributed by atoms with van der Waals surface area (Å²) in [5, 5.41) is 9.34. The summed E-state index contributed by atoms with van der Waals surface area (Å²) in [5.41, 5.74) is 0.556.